The summed E-state index contributed by atoms with van der Waals surface area (Å²) in [6.07, 6.45) is -0.236. The van der Waals surface area contributed by atoms with Crippen molar-refractivity contribution in [2.45, 2.75) is 18.6 Å². The highest BCUT2D eigenvalue weighted by Gasteiger charge is 2.19. The minimum atomic E-state index is -0.661. The van der Waals surface area contributed by atoms with Crippen LogP contribution in [-0.2, 0) is 0 Å². The van der Waals surface area contributed by atoms with E-state index in [4.69, 9.17) is 0 Å². The van der Waals surface area contributed by atoms with Gasteiger partial charge in [0.2, 0.25) is 0 Å². The van der Waals surface area contributed by atoms with E-state index >= 15 is 0 Å². The lowest BCUT2D eigenvalue weighted by Gasteiger charge is -2.23. The smallest absolute Gasteiger partial charge is 0.271 e. The summed E-state index contributed by atoms with van der Waals surface area (Å²) in [6, 6.07) is 23.4. The number of nitro groups is 1. The summed E-state index contributed by atoms with van der Waals surface area (Å²) >= 11 is 3.43. The van der Waals surface area contributed by atoms with Gasteiger partial charge >= 0.3 is 0 Å². The molecule has 3 aromatic rings. The van der Waals surface area contributed by atoms with E-state index in [0.29, 0.717) is 12.1 Å². The summed E-state index contributed by atoms with van der Waals surface area (Å²) in [5, 5.41) is 25.0. The topological polar surface area (TPSA) is 75.4 Å². The van der Waals surface area contributed by atoms with E-state index in [9.17, 15) is 15.2 Å². The zero-order valence-corrected chi connectivity index (χ0v) is 16.0. The Morgan fingerprint density at radius 1 is 0.963 bits per heavy atom. The van der Waals surface area contributed by atoms with E-state index in [-0.39, 0.29) is 11.7 Å². The number of halogens is 1. The predicted molar refractivity (Wildman–Crippen MR) is 110 cm³/mol. The molecule has 0 fully saturated rings. The number of nitrogens with zero attached hydrogens (tertiary/aromatic N) is 1. The molecular weight excluding hydrogens is 408 g/mol. The van der Waals surface area contributed by atoms with Crippen molar-refractivity contribution in [2.75, 3.05) is 5.32 Å². The fourth-order valence-electron chi connectivity index (χ4n) is 2.92. The lowest BCUT2D eigenvalue weighted by Crippen LogP contribution is -2.15. The summed E-state index contributed by atoms with van der Waals surface area (Å²) in [5.41, 5.74) is 2.48. The standard InChI is InChI=1S/C21H19BrN2O3/c22-17-11-9-15(10-12-17)20(14-21(25)16-5-2-1-3-6-16)23-18-7-4-8-19(13-18)24(26)27/h1-13,20-21,23,25H,14H2. The molecule has 0 heterocycles. The summed E-state index contributed by atoms with van der Waals surface area (Å²) in [5.74, 6) is 0. The Bertz CT molecular complexity index is 901. The number of aliphatic hydroxyl groups is 1. The highest BCUT2D eigenvalue weighted by molar-refractivity contribution is 9.10. The largest absolute Gasteiger partial charge is 0.388 e. The number of hydrogen-bond donors (Lipinski definition) is 2. The van der Waals surface area contributed by atoms with E-state index < -0.39 is 11.0 Å². The van der Waals surface area contributed by atoms with E-state index in [2.05, 4.69) is 21.2 Å². The van der Waals surface area contributed by atoms with Crippen molar-refractivity contribution in [1.29, 1.82) is 0 Å². The molecule has 2 N–H and O–H groups in total. The second-order valence-electron chi connectivity index (χ2n) is 6.22. The number of hydrogen-bond acceptors (Lipinski definition) is 4. The SMILES string of the molecule is O=[N+]([O-])c1cccc(NC(CC(O)c2ccccc2)c2ccc(Br)cc2)c1. The number of nitro benzene ring substituents is 1. The van der Waals surface area contributed by atoms with Crippen molar-refractivity contribution in [2.24, 2.45) is 0 Å². The Labute approximate surface area is 166 Å². The molecule has 138 valence electrons. The maximum Gasteiger partial charge on any atom is 0.271 e. The average Bonchev–Trinajstić information content (AvgIpc) is 2.69. The van der Waals surface area contributed by atoms with Gasteiger partial charge in [-0.3, -0.25) is 10.1 Å². The first-order valence-electron chi connectivity index (χ1n) is 8.52. The molecule has 0 aromatic heterocycles. The van der Waals surface area contributed by atoms with Crippen LogP contribution in [0.15, 0.2) is 83.3 Å². The maximum atomic E-state index is 11.0. The average molecular weight is 427 g/mol. The molecule has 6 heteroatoms. The minimum absolute atomic E-state index is 0.0261. The summed E-state index contributed by atoms with van der Waals surface area (Å²) in [4.78, 5) is 10.6. The number of anilines is 1. The molecular formula is C21H19BrN2O3. The van der Waals surface area contributed by atoms with Crippen molar-refractivity contribution in [3.05, 3.63) is 105 Å². The molecule has 0 aliphatic heterocycles. The van der Waals surface area contributed by atoms with E-state index in [1.54, 1.807) is 12.1 Å². The second kappa shape index (κ2) is 8.79. The molecule has 0 radical (unpaired) electrons. The zero-order chi connectivity index (χ0) is 19.2. The van der Waals surface area contributed by atoms with Gasteiger partial charge in [0.25, 0.3) is 5.69 Å². The van der Waals surface area contributed by atoms with Gasteiger partial charge < -0.3 is 10.4 Å². The number of nitrogens with one attached hydrogen (secondary N) is 1. The fraction of sp³-hybridized carbons (Fsp3) is 0.143. The first-order valence-corrected chi connectivity index (χ1v) is 9.31. The van der Waals surface area contributed by atoms with Crippen LogP contribution in [0.5, 0.6) is 0 Å². The highest BCUT2D eigenvalue weighted by atomic mass is 79.9. The van der Waals surface area contributed by atoms with Crippen molar-refractivity contribution < 1.29 is 10.0 Å². The van der Waals surface area contributed by atoms with E-state index in [1.807, 2.05) is 54.6 Å². The normalized spacial score (nSPS) is 13.0. The first kappa shape index (κ1) is 19.1. The Hall–Kier alpha value is -2.70. The molecule has 5 nitrogen and oxygen atoms in total. The van der Waals surface area contributed by atoms with Crippen molar-refractivity contribution in [3.8, 4) is 0 Å². The van der Waals surface area contributed by atoms with Crippen molar-refractivity contribution >= 4 is 27.3 Å². The third kappa shape index (κ3) is 5.15. The molecule has 0 aliphatic rings. The third-order valence-electron chi connectivity index (χ3n) is 4.31. The Kier molecular flexibility index (Phi) is 6.21. The van der Waals surface area contributed by atoms with Gasteiger partial charge in [0.1, 0.15) is 0 Å². The van der Waals surface area contributed by atoms with Gasteiger partial charge in [-0.1, -0.05) is 64.5 Å². The summed E-state index contributed by atoms with van der Waals surface area (Å²) < 4.78 is 0.962. The summed E-state index contributed by atoms with van der Waals surface area (Å²) in [7, 11) is 0. The molecule has 0 spiro atoms. The molecule has 0 aliphatic carbocycles. The van der Waals surface area contributed by atoms with Crippen molar-refractivity contribution in [3.63, 3.8) is 0 Å². The maximum absolute atomic E-state index is 11.0. The lowest BCUT2D eigenvalue weighted by molar-refractivity contribution is -0.384. The van der Waals surface area contributed by atoms with Crippen LogP contribution in [0, 0.1) is 10.1 Å². The Morgan fingerprint density at radius 2 is 1.67 bits per heavy atom. The lowest BCUT2D eigenvalue weighted by atomic mass is 9.96. The van der Waals surface area contributed by atoms with Crippen LogP contribution in [0.4, 0.5) is 11.4 Å². The predicted octanol–water partition coefficient (Wildman–Crippen LogP) is 5.63. The Balaban J connectivity index is 1.86. The summed E-state index contributed by atoms with van der Waals surface area (Å²) in [6.45, 7) is 0. The van der Waals surface area contributed by atoms with Crippen LogP contribution in [-0.4, -0.2) is 10.0 Å². The molecule has 0 saturated carbocycles. The molecule has 0 saturated heterocycles. The number of non-ortho nitro benzene ring substituents is 1. The zero-order valence-electron chi connectivity index (χ0n) is 14.5. The van der Waals surface area contributed by atoms with Crippen LogP contribution in [0.25, 0.3) is 0 Å². The molecule has 3 rings (SSSR count). The number of rotatable bonds is 7. The Morgan fingerprint density at radius 3 is 2.33 bits per heavy atom. The van der Waals surface area contributed by atoms with Gasteiger partial charge in [0, 0.05) is 28.7 Å². The van der Waals surface area contributed by atoms with Crippen LogP contribution in [0.3, 0.4) is 0 Å². The van der Waals surface area contributed by atoms with Crippen LogP contribution >= 0.6 is 15.9 Å². The minimum Gasteiger partial charge on any atom is -0.388 e. The van der Waals surface area contributed by atoms with Gasteiger partial charge in [-0.25, -0.2) is 0 Å². The number of benzene rings is 3. The molecule has 0 bridgehead atoms. The van der Waals surface area contributed by atoms with Gasteiger partial charge in [0.05, 0.1) is 17.1 Å². The van der Waals surface area contributed by atoms with Crippen LogP contribution < -0.4 is 5.32 Å². The third-order valence-corrected chi connectivity index (χ3v) is 4.84. The van der Waals surface area contributed by atoms with E-state index in [0.717, 1.165) is 15.6 Å². The molecule has 3 aromatic carbocycles. The molecule has 0 amide bonds. The van der Waals surface area contributed by atoms with Gasteiger partial charge in [-0.2, -0.15) is 0 Å². The quantitative estimate of drug-likeness (QED) is 0.378. The van der Waals surface area contributed by atoms with Crippen LogP contribution in [0.2, 0.25) is 0 Å². The first-order chi connectivity index (χ1) is 13.0. The van der Waals surface area contributed by atoms with Gasteiger partial charge in [-0.05, 0) is 29.3 Å². The fourth-order valence-corrected chi connectivity index (χ4v) is 3.18. The second-order valence-corrected chi connectivity index (χ2v) is 7.13. The van der Waals surface area contributed by atoms with Crippen LogP contribution in [0.1, 0.15) is 29.7 Å². The highest BCUT2D eigenvalue weighted by Crippen LogP contribution is 2.31. The van der Waals surface area contributed by atoms with Gasteiger partial charge in [0.15, 0.2) is 0 Å². The molecule has 2 atom stereocenters. The van der Waals surface area contributed by atoms with Crippen molar-refractivity contribution in [1.82, 2.24) is 0 Å². The molecule has 27 heavy (non-hydrogen) atoms. The number of aliphatic hydroxyl groups excluding tert-OH is 1. The van der Waals surface area contributed by atoms with Gasteiger partial charge in [-0.15, -0.1) is 0 Å². The monoisotopic (exact) mass is 426 g/mol. The molecule has 2 unspecified atom stereocenters. The van der Waals surface area contributed by atoms with E-state index in [1.165, 1.54) is 12.1 Å².